The molecule has 0 saturated heterocycles. The average Bonchev–Trinajstić information content (AvgIpc) is 3.27. The minimum absolute atomic E-state index is 0.0211. The fraction of sp³-hybridized carbons (Fsp3) is 0.231. The number of carboxylic acid groups (broad SMARTS) is 1. The lowest BCUT2D eigenvalue weighted by Gasteiger charge is -2.18. The van der Waals surface area contributed by atoms with Gasteiger partial charge in [-0.3, -0.25) is 0 Å². The normalized spacial score (nSPS) is 12.9. The molecule has 1 aromatic heterocycles. The molecule has 176 valence electrons. The molecule has 1 heterocycles. The van der Waals surface area contributed by atoms with Crippen molar-refractivity contribution < 1.29 is 19.4 Å². The van der Waals surface area contributed by atoms with Crippen molar-refractivity contribution in [3.05, 3.63) is 88.4 Å². The van der Waals surface area contributed by atoms with Crippen LogP contribution in [-0.4, -0.2) is 28.8 Å². The molecular formula is C26H25ClN2O4S. The van der Waals surface area contributed by atoms with E-state index in [1.54, 1.807) is 29.5 Å². The highest BCUT2D eigenvalue weighted by atomic mass is 35.5. The second-order valence-corrected chi connectivity index (χ2v) is 9.29. The van der Waals surface area contributed by atoms with E-state index in [-0.39, 0.29) is 6.04 Å². The van der Waals surface area contributed by atoms with Crippen molar-refractivity contribution in [3.63, 3.8) is 0 Å². The highest BCUT2D eigenvalue weighted by Crippen LogP contribution is 2.29. The average molecular weight is 497 g/mol. The molecule has 2 N–H and O–H groups in total. The van der Waals surface area contributed by atoms with Gasteiger partial charge in [-0.2, -0.15) is 0 Å². The predicted molar refractivity (Wildman–Crippen MR) is 135 cm³/mol. The molecular weight excluding hydrogens is 472 g/mol. The zero-order chi connectivity index (χ0) is 23.9. The number of carbonyl (C=O) groups is 1. The summed E-state index contributed by atoms with van der Waals surface area (Å²) in [5.41, 5.74) is 1.96. The maximum absolute atomic E-state index is 11.1. The van der Waals surface area contributed by atoms with Gasteiger partial charge in [-0.25, -0.2) is 9.78 Å². The number of nitrogens with zero attached hydrogens (tertiary/aromatic N) is 1. The molecule has 0 fully saturated rings. The van der Waals surface area contributed by atoms with E-state index in [1.807, 2.05) is 48.5 Å². The lowest BCUT2D eigenvalue weighted by atomic mass is 10.1. The molecule has 0 spiro atoms. The molecule has 0 aliphatic carbocycles. The summed E-state index contributed by atoms with van der Waals surface area (Å²) in [6.45, 7) is 2.59. The molecule has 4 rings (SSSR count). The van der Waals surface area contributed by atoms with Crippen LogP contribution in [0.5, 0.6) is 11.5 Å². The molecule has 0 saturated carbocycles. The molecule has 34 heavy (non-hydrogen) atoms. The Labute approximate surface area is 207 Å². The molecule has 3 aromatic carbocycles. The Hall–Kier alpha value is -3.13. The van der Waals surface area contributed by atoms with E-state index in [9.17, 15) is 4.79 Å². The third kappa shape index (κ3) is 6.47. The Kier molecular flexibility index (Phi) is 8.00. The number of para-hydroxylation sites is 1. The van der Waals surface area contributed by atoms with E-state index in [0.717, 1.165) is 26.5 Å². The van der Waals surface area contributed by atoms with E-state index in [2.05, 4.69) is 11.4 Å². The summed E-state index contributed by atoms with van der Waals surface area (Å²) in [7, 11) is 0. The van der Waals surface area contributed by atoms with Crippen molar-refractivity contribution in [2.75, 3.05) is 6.61 Å². The number of nitrogens with one attached hydrogen (secondary N) is 1. The number of halogens is 1. The molecule has 8 heteroatoms. The summed E-state index contributed by atoms with van der Waals surface area (Å²) in [6, 6.07) is 22.8. The van der Waals surface area contributed by atoms with Crippen LogP contribution in [0.1, 0.15) is 30.0 Å². The number of fused-ring (bicyclic) bond motifs is 1. The smallest absolute Gasteiger partial charge is 0.344 e. The lowest BCUT2D eigenvalue weighted by Crippen LogP contribution is -2.24. The fourth-order valence-electron chi connectivity index (χ4n) is 3.40. The van der Waals surface area contributed by atoms with Crippen molar-refractivity contribution in [1.29, 1.82) is 0 Å². The summed E-state index contributed by atoms with van der Waals surface area (Å²) in [6.07, 6.45) is -0.196. The van der Waals surface area contributed by atoms with Gasteiger partial charge < -0.3 is 19.9 Å². The maximum atomic E-state index is 11.1. The summed E-state index contributed by atoms with van der Waals surface area (Å²) < 4.78 is 12.6. The summed E-state index contributed by atoms with van der Waals surface area (Å²) in [5, 5.41) is 14.3. The first-order valence-electron chi connectivity index (χ1n) is 10.9. The van der Waals surface area contributed by atoms with Gasteiger partial charge in [0.2, 0.25) is 0 Å². The van der Waals surface area contributed by atoms with Gasteiger partial charge in [0, 0.05) is 18.0 Å². The number of aromatic nitrogens is 1. The van der Waals surface area contributed by atoms with Crippen LogP contribution in [0.15, 0.2) is 72.8 Å². The van der Waals surface area contributed by atoms with E-state index in [0.29, 0.717) is 30.3 Å². The molecule has 6 nitrogen and oxygen atoms in total. The standard InChI is InChI=1S/C26H25ClN2O4S/c1-17(26(30)31)33-21-6-4-5-18(15-21)16-28-23(13-14-32-20-11-9-19(27)10-12-20)25-29-22-7-2-3-8-24(22)34-25/h2-12,15,17,23,28H,13-14,16H2,1H3,(H,30,31). The molecule has 2 unspecified atom stereocenters. The molecule has 0 amide bonds. The maximum Gasteiger partial charge on any atom is 0.344 e. The Morgan fingerprint density at radius 2 is 1.88 bits per heavy atom. The minimum Gasteiger partial charge on any atom is -0.494 e. The van der Waals surface area contributed by atoms with Gasteiger partial charge in [-0.05, 0) is 61.0 Å². The van der Waals surface area contributed by atoms with Crippen molar-refractivity contribution >= 4 is 39.1 Å². The van der Waals surface area contributed by atoms with E-state index in [1.165, 1.54) is 6.92 Å². The third-order valence-corrected chi connectivity index (χ3v) is 6.61. The molecule has 0 aliphatic rings. The van der Waals surface area contributed by atoms with Gasteiger partial charge in [0.05, 0.1) is 22.9 Å². The topological polar surface area (TPSA) is 80.7 Å². The number of carboxylic acids is 1. The summed E-state index contributed by atoms with van der Waals surface area (Å²) in [5.74, 6) is 0.293. The van der Waals surface area contributed by atoms with Crippen LogP contribution in [-0.2, 0) is 11.3 Å². The number of aliphatic carboxylic acids is 1. The Morgan fingerprint density at radius 1 is 1.09 bits per heavy atom. The number of thiazole rings is 1. The van der Waals surface area contributed by atoms with Crippen LogP contribution in [0, 0.1) is 0 Å². The molecule has 4 aromatic rings. The van der Waals surface area contributed by atoms with Crippen LogP contribution < -0.4 is 14.8 Å². The molecule has 2 atom stereocenters. The van der Waals surface area contributed by atoms with Gasteiger partial charge in [0.15, 0.2) is 6.10 Å². The monoisotopic (exact) mass is 496 g/mol. The van der Waals surface area contributed by atoms with Gasteiger partial charge >= 0.3 is 5.97 Å². The van der Waals surface area contributed by atoms with Crippen LogP contribution in [0.2, 0.25) is 5.02 Å². The fourth-order valence-corrected chi connectivity index (χ4v) is 4.61. The van der Waals surface area contributed by atoms with Crippen LogP contribution in [0.3, 0.4) is 0 Å². The van der Waals surface area contributed by atoms with Crippen LogP contribution >= 0.6 is 22.9 Å². The van der Waals surface area contributed by atoms with Crippen molar-refractivity contribution in [2.24, 2.45) is 0 Å². The first-order valence-corrected chi connectivity index (χ1v) is 12.1. The summed E-state index contributed by atoms with van der Waals surface area (Å²) >= 11 is 7.63. The van der Waals surface area contributed by atoms with Gasteiger partial charge in [-0.15, -0.1) is 11.3 Å². The number of benzene rings is 3. The number of hydrogen-bond acceptors (Lipinski definition) is 6. The van der Waals surface area contributed by atoms with Crippen molar-refractivity contribution in [2.45, 2.75) is 32.0 Å². The quantitative estimate of drug-likeness (QED) is 0.261. The Balaban J connectivity index is 1.45. The molecule has 0 bridgehead atoms. The van der Waals surface area contributed by atoms with Gasteiger partial charge in [0.25, 0.3) is 0 Å². The van der Waals surface area contributed by atoms with E-state index < -0.39 is 12.1 Å². The molecule has 0 aliphatic heterocycles. The minimum atomic E-state index is -1.000. The first kappa shape index (κ1) is 24.0. The molecule has 0 radical (unpaired) electrons. The van der Waals surface area contributed by atoms with Crippen molar-refractivity contribution in [3.8, 4) is 11.5 Å². The first-order chi connectivity index (χ1) is 16.5. The largest absolute Gasteiger partial charge is 0.494 e. The zero-order valence-electron chi connectivity index (χ0n) is 18.6. The van der Waals surface area contributed by atoms with Crippen LogP contribution in [0.25, 0.3) is 10.2 Å². The van der Waals surface area contributed by atoms with Gasteiger partial charge in [0.1, 0.15) is 16.5 Å². The summed E-state index contributed by atoms with van der Waals surface area (Å²) in [4.78, 5) is 15.9. The van der Waals surface area contributed by atoms with Crippen LogP contribution in [0.4, 0.5) is 0 Å². The van der Waals surface area contributed by atoms with E-state index in [4.69, 9.17) is 31.2 Å². The van der Waals surface area contributed by atoms with Crippen molar-refractivity contribution in [1.82, 2.24) is 10.3 Å². The second-order valence-electron chi connectivity index (χ2n) is 7.79. The van der Waals surface area contributed by atoms with E-state index >= 15 is 0 Å². The zero-order valence-corrected chi connectivity index (χ0v) is 20.2. The lowest BCUT2D eigenvalue weighted by molar-refractivity contribution is -0.144. The highest BCUT2D eigenvalue weighted by molar-refractivity contribution is 7.18. The SMILES string of the molecule is CC(Oc1cccc(CNC(CCOc2ccc(Cl)cc2)c2nc3ccccc3s2)c1)C(=O)O. The third-order valence-electron chi connectivity index (χ3n) is 5.21. The highest BCUT2D eigenvalue weighted by Gasteiger charge is 2.17. The van der Waals surface area contributed by atoms with Gasteiger partial charge in [-0.1, -0.05) is 35.9 Å². The second kappa shape index (κ2) is 11.3. The number of rotatable bonds is 11. The number of hydrogen-bond donors (Lipinski definition) is 2. The number of ether oxygens (including phenoxy) is 2. The Morgan fingerprint density at radius 3 is 2.65 bits per heavy atom. The predicted octanol–water partition coefficient (Wildman–Crippen LogP) is 6.10. The Bertz CT molecular complexity index is 1210.